The number of carbonyl (C=O) groups excluding carboxylic acids is 1. The SMILES string of the molecule is CCC(C)NC(=O)CCn1nc(C)c([N+](=O)[O-])c1C. The van der Waals surface area contributed by atoms with E-state index in [1.807, 2.05) is 13.8 Å². The van der Waals surface area contributed by atoms with Gasteiger partial charge in [-0.25, -0.2) is 0 Å². The molecule has 7 heteroatoms. The topological polar surface area (TPSA) is 90.1 Å². The molecule has 106 valence electrons. The van der Waals surface area contributed by atoms with Gasteiger partial charge < -0.3 is 5.32 Å². The van der Waals surface area contributed by atoms with Crippen molar-refractivity contribution >= 4 is 11.6 Å². The molecular formula is C12H20N4O3. The second kappa shape index (κ2) is 6.31. The third-order valence-electron chi connectivity index (χ3n) is 3.10. The van der Waals surface area contributed by atoms with Crippen molar-refractivity contribution in [2.75, 3.05) is 0 Å². The van der Waals surface area contributed by atoms with E-state index in [4.69, 9.17) is 0 Å². The van der Waals surface area contributed by atoms with E-state index in [9.17, 15) is 14.9 Å². The minimum absolute atomic E-state index is 0.0299. The van der Waals surface area contributed by atoms with Gasteiger partial charge in [-0.15, -0.1) is 0 Å². The first-order chi connectivity index (χ1) is 8.86. The Morgan fingerprint density at radius 1 is 1.53 bits per heavy atom. The van der Waals surface area contributed by atoms with Crippen LogP contribution in [-0.2, 0) is 11.3 Å². The van der Waals surface area contributed by atoms with Crippen LogP contribution in [0.5, 0.6) is 0 Å². The molecule has 0 saturated carbocycles. The van der Waals surface area contributed by atoms with Gasteiger partial charge in [0.2, 0.25) is 5.91 Å². The molecule has 1 amide bonds. The zero-order chi connectivity index (χ0) is 14.6. The molecule has 0 bridgehead atoms. The van der Waals surface area contributed by atoms with E-state index in [1.54, 1.807) is 13.8 Å². The summed E-state index contributed by atoms with van der Waals surface area (Å²) in [6.45, 7) is 7.52. The molecule has 1 rings (SSSR count). The molecule has 0 aromatic carbocycles. The molecule has 0 saturated heterocycles. The number of aromatic nitrogens is 2. The number of nitrogens with zero attached hydrogens (tertiary/aromatic N) is 3. The Kier molecular flexibility index (Phi) is 5.02. The van der Waals surface area contributed by atoms with Crippen LogP contribution in [0.2, 0.25) is 0 Å². The molecule has 7 nitrogen and oxygen atoms in total. The highest BCUT2D eigenvalue weighted by Crippen LogP contribution is 2.21. The molecule has 0 aliphatic rings. The van der Waals surface area contributed by atoms with Crippen LogP contribution in [0.3, 0.4) is 0 Å². The normalized spacial score (nSPS) is 12.2. The van der Waals surface area contributed by atoms with E-state index in [1.165, 1.54) is 4.68 Å². The Hall–Kier alpha value is -1.92. The monoisotopic (exact) mass is 268 g/mol. The summed E-state index contributed by atoms with van der Waals surface area (Å²) >= 11 is 0. The van der Waals surface area contributed by atoms with E-state index < -0.39 is 4.92 Å². The van der Waals surface area contributed by atoms with Crippen LogP contribution in [0.25, 0.3) is 0 Å². The smallest absolute Gasteiger partial charge is 0.312 e. The summed E-state index contributed by atoms with van der Waals surface area (Å²) in [7, 11) is 0. The summed E-state index contributed by atoms with van der Waals surface area (Å²) in [5, 5.41) is 17.8. The van der Waals surface area contributed by atoms with Gasteiger partial charge in [0.1, 0.15) is 11.4 Å². The molecule has 0 aliphatic carbocycles. The zero-order valence-electron chi connectivity index (χ0n) is 11.8. The summed E-state index contributed by atoms with van der Waals surface area (Å²) < 4.78 is 1.52. The Bertz CT molecular complexity index is 482. The van der Waals surface area contributed by atoms with Crippen molar-refractivity contribution in [3.05, 3.63) is 21.5 Å². The maximum atomic E-state index is 11.6. The summed E-state index contributed by atoms with van der Waals surface area (Å²) in [5.41, 5.74) is 0.894. The van der Waals surface area contributed by atoms with E-state index >= 15 is 0 Å². The quantitative estimate of drug-likeness (QED) is 0.628. The maximum absolute atomic E-state index is 11.6. The van der Waals surface area contributed by atoms with E-state index in [0.29, 0.717) is 17.9 Å². The molecule has 0 spiro atoms. The number of hydrogen-bond acceptors (Lipinski definition) is 4. The lowest BCUT2D eigenvalue weighted by molar-refractivity contribution is -0.386. The number of rotatable bonds is 6. The Labute approximate surface area is 112 Å². The highest BCUT2D eigenvalue weighted by Gasteiger charge is 2.21. The molecule has 1 N–H and O–H groups in total. The second-order valence-electron chi connectivity index (χ2n) is 4.63. The number of nitro groups is 1. The number of carbonyl (C=O) groups is 1. The summed E-state index contributed by atoms with van der Waals surface area (Å²) in [6.07, 6.45) is 1.14. The van der Waals surface area contributed by atoms with Gasteiger partial charge in [0.15, 0.2) is 0 Å². The van der Waals surface area contributed by atoms with Gasteiger partial charge in [-0.05, 0) is 27.2 Å². The maximum Gasteiger partial charge on any atom is 0.312 e. The molecular weight excluding hydrogens is 248 g/mol. The number of hydrogen-bond donors (Lipinski definition) is 1. The van der Waals surface area contributed by atoms with Crippen molar-refractivity contribution in [3.8, 4) is 0 Å². The minimum Gasteiger partial charge on any atom is -0.354 e. The fourth-order valence-electron chi connectivity index (χ4n) is 1.83. The first-order valence-corrected chi connectivity index (χ1v) is 6.34. The van der Waals surface area contributed by atoms with E-state index in [0.717, 1.165) is 6.42 Å². The number of aryl methyl sites for hydroxylation is 2. The first-order valence-electron chi connectivity index (χ1n) is 6.34. The van der Waals surface area contributed by atoms with E-state index in [2.05, 4.69) is 10.4 Å². The van der Waals surface area contributed by atoms with Gasteiger partial charge in [0, 0.05) is 12.5 Å². The summed E-state index contributed by atoms with van der Waals surface area (Å²) in [6, 6.07) is 0.141. The van der Waals surface area contributed by atoms with Crippen LogP contribution in [0.4, 0.5) is 5.69 Å². The Morgan fingerprint density at radius 3 is 2.63 bits per heavy atom. The second-order valence-corrected chi connectivity index (χ2v) is 4.63. The van der Waals surface area contributed by atoms with Gasteiger partial charge in [-0.3, -0.25) is 19.6 Å². The average molecular weight is 268 g/mol. The average Bonchev–Trinajstić information content (AvgIpc) is 2.61. The lowest BCUT2D eigenvalue weighted by atomic mass is 10.2. The Balaban J connectivity index is 2.66. The van der Waals surface area contributed by atoms with Crippen LogP contribution in [-0.4, -0.2) is 26.7 Å². The molecule has 19 heavy (non-hydrogen) atoms. The van der Waals surface area contributed by atoms with Crippen molar-refractivity contribution in [1.82, 2.24) is 15.1 Å². The van der Waals surface area contributed by atoms with Crippen molar-refractivity contribution in [2.24, 2.45) is 0 Å². The van der Waals surface area contributed by atoms with Crippen LogP contribution in [0.1, 0.15) is 38.1 Å². The van der Waals surface area contributed by atoms with Gasteiger partial charge in [-0.1, -0.05) is 6.92 Å². The van der Waals surface area contributed by atoms with Crippen LogP contribution < -0.4 is 5.32 Å². The molecule has 1 unspecified atom stereocenters. The van der Waals surface area contributed by atoms with E-state index in [-0.39, 0.29) is 24.1 Å². The fraction of sp³-hybridized carbons (Fsp3) is 0.667. The largest absolute Gasteiger partial charge is 0.354 e. The fourth-order valence-corrected chi connectivity index (χ4v) is 1.83. The van der Waals surface area contributed by atoms with Gasteiger partial charge >= 0.3 is 5.69 Å². The summed E-state index contributed by atoms with van der Waals surface area (Å²) in [4.78, 5) is 22.1. The minimum atomic E-state index is -0.437. The standard InChI is InChI=1S/C12H20N4O3/c1-5-8(2)13-11(17)6-7-15-10(4)12(16(18)19)9(3)14-15/h8H,5-7H2,1-4H3,(H,13,17). The van der Waals surface area contributed by atoms with Gasteiger partial charge in [0.25, 0.3) is 0 Å². The van der Waals surface area contributed by atoms with Crippen molar-refractivity contribution in [2.45, 2.75) is 53.1 Å². The lowest BCUT2D eigenvalue weighted by Crippen LogP contribution is -2.32. The number of amides is 1. The Morgan fingerprint density at radius 2 is 2.16 bits per heavy atom. The molecule has 1 aromatic rings. The summed E-state index contributed by atoms with van der Waals surface area (Å²) in [5.74, 6) is -0.0652. The highest BCUT2D eigenvalue weighted by molar-refractivity contribution is 5.76. The molecule has 1 atom stereocenters. The predicted octanol–water partition coefficient (Wildman–Crippen LogP) is 1.71. The van der Waals surface area contributed by atoms with Crippen LogP contribution >= 0.6 is 0 Å². The van der Waals surface area contributed by atoms with Gasteiger partial charge in [0.05, 0.1) is 11.5 Å². The highest BCUT2D eigenvalue weighted by atomic mass is 16.6. The van der Waals surface area contributed by atoms with Crippen LogP contribution in [0, 0.1) is 24.0 Å². The predicted molar refractivity (Wildman–Crippen MR) is 70.9 cm³/mol. The molecule has 0 radical (unpaired) electrons. The lowest BCUT2D eigenvalue weighted by Gasteiger charge is -2.11. The van der Waals surface area contributed by atoms with Crippen molar-refractivity contribution in [3.63, 3.8) is 0 Å². The third kappa shape index (κ3) is 3.77. The molecule has 0 fully saturated rings. The van der Waals surface area contributed by atoms with Crippen molar-refractivity contribution < 1.29 is 9.72 Å². The van der Waals surface area contributed by atoms with Gasteiger partial charge in [-0.2, -0.15) is 5.10 Å². The third-order valence-corrected chi connectivity index (χ3v) is 3.10. The molecule has 1 aromatic heterocycles. The molecule has 1 heterocycles. The molecule has 0 aliphatic heterocycles. The zero-order valence-corrected chi connectivity index (χ0v) is 11.8. The number of nitrogens with one attached hydrogen (secondary N) is 1. The van der Waals surface area contributed by atoms with Crippen LogP contribution in [0.15, 0.2) is 0 Å². The van der Waals surface area contributed by atoms with Crippen molar-refractivity contribution in [1.29, 1.82) is 0 Å². The first kappa shape index (κ1) is 15.1.